The van der Waals surface area contributed by atoms with Gasteiger partial charge < -0.3 is 19.9 Å². The molecule has 2 fully saturated rings. The summed E-state index contributed by atoms with van der Waals surface area (Å²) in [6.07, 6.45) is 4.97. The van der Waals surface area contributed by atoms with Gasteiger partial charge in [0.05, 0.1) is 11.2 Å². The SMILES string of the molecule is CNc1nc(-c2ccc(N3CCN(C(=O)[C@@H]4CCCO4)CC3)cc2)cc2nccnc12. The summed E-state index contributed by atoms with van der Waals surface area (Å²) in [6, 6.07) is 10.4. The van der Waals surface area contributed by atoms with Crippen molar-refractivity contribution in [3.63, 3.8) is 0 Å². The van der Waals surface area contributed by atoms with Crippen LogP contribution in [0, 0.1) is 0 Å². The van der Waals surface area contributed by atoms with Crippen LogP contribution in [-0.2, 0) is 9.53 Å². The molecule has 8 heteroatoms. The van der Waals surface area contributed by atoms with Gasteiger partial charge in [-0.1, -0.05) is 12.1 Å². The number of nitrogens with zero attached hydrogens (tertiary/aromatic N) is 5. The normalized spacial score (nSPS) is 19.1. The van der Waals surface area contributed by atoms with Crippen LogP contribution in [-0.4, -0.2) is 71.7 Å². The van der Waals surface area contributed by atoms with Crippen molar-refractivity contribution >= 4 is 28.4 Å². The molecular weight excluding hydrogens is 392 g/mol. The molecule has 0 spiro atoms. The molecule has 2 aromatic heterocycles. The highest BCUT2D eigenvalue weighted by atomic mass is 16.5. The average Bonchev–Trinajstić information content (AvgIpc) is 3.38. The number of fused-ring (bicyclic) bond motifs is 1. The number of benzene rings is 1. The summed E-state index contributed by atoms with van der Waals surface area (Å²) in [5, 5.41) is 3.11. The fourth-order valence-corrected chi connectivity index (χ4v) is 4.30. The summed E-state index contributed by atoms with van der Waals surface area (Å²) >= 11 is 0. The fourth-order valence-electron chi connectivity index (χ4n) is 4.30. The number of carbonyl (C=O) groups excluding carboxylic acids is 1. The van der Waals surface area contributed by atoms with Gasteiger partial charge in [-0.3, -0.25) is 9.78 Å². The van der Waals surface area contributed by atoms with Gasteiger partial charge in [-0.2, -0.15) is 0 Å². The first-order valence-electron chi connectivity index (χ1n) is 10.8. The number of amides is 1. The molecule has 1 aromatic carbocycles. The molecule has 0 bridgehead atoms. The van der Waals surface area contributed by atoms with Gasteiger partial charge in [-0.15, -0.1) is 0 Å². The van der Waals surface area contributed by atoms with E-state index < -0.39 is 0 Å². The van der Waals surface area contributed by atoms with Crippen LogP contribution in [0.4, 0.5) is 11.5 Å². The number of aromatic nitrogens is 3. The molecule has 0 aliphatic carbocycles. The summed E-state index contributed by atoms with van der Waals surface area (Å²) in [5.74, 6) is 0.870. The standard InChI is InChI=1S/C23H26N6O2/c1-24-22-21-19(25-8-9-26-21)15-18(27-22)16-4-6-17(7-5-16)28-10-12-29(13-11-28)23(30)20-3-2-14-31-20/h4-9,15,20H,2-3,10-14H2,1H3,(H,24,27)/t20-/m0/s1. The van der Waals surface area contributed by atoms with Gasteiger partial charge in [0.2, 0.25) is 0 Å². The Morgan fingerprint density at radius 1 is 1.10 bits per heavy atom. The first kappa shape index (κ1) is 19.7. The molecule has 8 nitrogen and oxygen atoms in total. The van der Waals surface area contributed by atoms with Gasteiger partial charge in [0, 0.05) is 63.5 Å². The molecule has 0 unspecified atom stereocenters. The summed E-state index contributed by atoms with van der Waals surface area (Å²) in [4.78, 5) is 30.3. The number of anilines is 2. The van der Waals surface area contributed by atoms with E-state index >= 15 is 0 Å². The predicted molar refractivity (Wildman–Crippen MR) is 120 cm³/mol. The van der Waals surface area contributed by atoms with Crippen LogP contribution in [0.5, 0.6) is 0 Å². The minimum Gasteiger partial charge on any atom is -0.371 e. The van der Waals surface area contributed by atoms with Gasteiger partial charge in [0.15, 0.2) is 5.82 Å². The highest BCUT2D eigenvalue weighted by molar-refractivity contribution is 5.88. The number of pyridine rings is 1. The van der Waals surface area contributed by atoms with E-state index in [2.05, 4.69) is 44.5 Å². The van der Waals surface area contributed by atoms with Gasteiger partial charge in [0.1, 0.15) is 11.6 Å². The van der Waals surface area contributed by atoms with Crippen molar-refractivity contribution < 1.29 is 9.53 Å². The predicted octanol–water partition coefficient (Wildman–Crippen LogP) is 2.56. The lowest BCUT2D eigenvalue weighted by Gasteiger charge is -2.37. The van der Waals surface area contributed by atoms with E-state index in [4.69, 9.17) is 9.72 Å². The first-order valence-corrected chi connectivity index (χ1v) is 10.8. The summed E-state index contributed by atoms with van der Waals surface area (Å²) in [7, 11) is 1.84. The van der Waals surface area contributed by atoms with Crippen molar-refractivity contribution in [1.82, 2.24) is 19.9 Å². The molecule has 2 saturated heterocycles. The van der Waals surface area contributed by atoms with Crippen LogP contribution >= 0.6 is 0 Å². The minimum absolute atomic E-state index is 0.151. The summed E-state index contributed by atoms with van der Waals surface area (Å²) in [6.45, 7) is 3.82. The Morgan fingerprint density at radius 3 is 2.58 bits per heavy atom. The number of carbonyl (C=O) groups is 1. The molecule has 1 atom stereocenters. The molecule has 2 aliphatic rings. The van der Waals surface area contributed by atoms with Crippen LogP contribution in [0.15, 0.2) is 42.7 Å². The number of hydrogen-bond donors (Lipinski definition) is 1. The van der Waals surface area contributed by atoms with E-state index in [1.54, 1.807) is 12.4 Å². The molecule has 1 N–H and O–H groups in total. The highest BCUT2D eigenvalue weighted by Crippen LogP contribution is 2.27. The summed E-state index contributed by atoms with van der Waals surface area (Å²) in [5.41, 5.74) is 4.62. The van der Waals surface area contributed by atoms with Crippen LogP contribution < -0.4 is 10.2 Å². The zero-order valence-corrected chi connectivity index (χ0v) is 17.6. The van der Waals surface area contributed by atoms with Gasteiger partial charge in [0.25, 0.3) is 5.91 Å². The third-order valence-corrected chi connectivity index (χ3v) is 6.02. The molecule has 31 heavy (non-hydrogen) atoms. The Balaban J connectivity index is 1.29. The Kier molecular flexibility index (Phi) is 5.38. The molecule has 0 saturated carbocycles. The quantitative estimate of drug-likeness (QED) is 0.697. The van der Waals surface area contributed by atoms with Crippen molar-refractivity contribution in [2.24, 2.45) is 0 Å². The Bertz CT molecular complexity index is 1070. The Labute approximate surface area is 181 Å². The van der Waals surface area contributed by atoms with E-state index in [-0.39, 0.29) is 12.0 Å². The number of piperazine rings is 1. The lowest BCUT2D eigenvalue weighted by Crippen LogP contribution is -2.51. The fraction of sp³-hybridized carbons (Fsp3) is 0.391. The van der Waals surface area contributed by atoms with Gasteiger partial charge in [-0.25, -0.2) is 9.97 Å². The third-order valence-electron chi connectivity index (χ3n) is 6.02. The van der Waals surface area contributed by atoms with Crippen LogP contribution in [0.1, 0.15) is 12.8 Å². The topological polar surface area (TPSA) is 83.5 Å². The van der Waals surface area contributed by atoms with E-state index in [1.807, 2.05) is 18.0 Å². The molecule has 1 amide bonds. The minimum atomic E-state index is -0.229. The second-order valence-electron chi connectivity index (χ2n) is 7.89. The monoisotopic (exact) mass is 418 g/mol. The van der Waals surface area contributed by atoms with Gasteiger partial charge >= 0.3 is 0 Å². The lowest BCUT2D eigenvalue weighted by molar-refractivity contribution is -0.141. The number of rotatable bonds is 4. The van der Waals surface area contributed by atoms with E-state index in [0.29, 0.717) is 6.61 Å². The zero-order chi connectivity index (χ0) is 21.2. The Morgan fingerprint density at radius 2 is 1.87 bits per heavy atom. The molecule has 2 aliphatic heterocycles. The van der Waals surface area contributed by atoms with Crippen molar-refractivity contribution in [3.8, 4) is 11.3 Å². The molecule has 0 radical (unpaired) electrons. The van der Waals surface area contributed by atoms with Gasteiger partial charge in [-0.05, 0) is 31.0 Å². The maximum atomic E-state index is 12.6. The van der Waals surface area contributed by atoms with Crippen molar-refractivity contribution in [2.75, 3.05) is 50.1 Å². The molecule has 4 heterocycles. The van der Waals surface area contributed by atoms with E-state index in [1.165, 1.54) is 0 Å². The zero-order valence-electron chi connectivity index (χ0n) is 17.6. The van der Waals surface area contributed by atoms with Crippen LogP contribution in [0.2, 0.25) is 0 Å². The van der Waals surface area contributed by atoms with Crippen molar-refractivity contribution in [2.45, 2.75) is 18.9 Å². The molecule has 5 rings (SSSR count). The van der Waals surface area contributed by atoms with E-state index in [9.17, 15) is 4.79 Å². The lowest BCUT2D eigenvalue weighted by atomic mass is 10.1. The number of hydrogen-bond acceptors (Lipinski definition) is 7. The molecule has 3 aromatic rings. The van der Waals surface area contributed by atoms with E-state index in [0.717, 1.165) is 72.8 Å². The highest BCUT2D eigenvalue weighted by Gasteiger charge is 2.30. The maximum absolute atomic E-state index is 12.6. The largest absolute Gasteiger partial charge is 0.371 e. The van der Waals surface area contributed by atoms with Crippen LogP contribution in [0.3, 0.4) is 0 Å². The number of ether oxygens (including phenoxy) is 1. The average molecular weight is 419 g/mol. The maximum Gasteiger partial charge on any atom is 0.251 e. The van der Waals surface area contributed by atoms with Crippen LogP contribution in [0.25, 0.3) is 22.3 Å². The second-order valence-corrected chi connectivity index (χ2v) is 7.89. The third kappa shape index (κ3) is 3.90. The Hall–Kier alpha value is -3.26. The second kappa shape index (κ2) is 8.47. The van der Waals surface area contributed by atoms with Crippen molar-refractivity contribution in [1.29, 1.82) is 0 Å². The number of nitrogens with one attached hydrogen (secondary N) is 1. The molecule has 160 valence electrons. The first-order chi connectivity index (χ1) is 15.2. The van der Waals surface area contributed by atoms with Crippen molar-refractivity contribution in [3.05, 3.63) is 42.7 Å². The summed E-state index contributed by atoms with van der Waals surface area (Å²) < 4.78 is 5.55. The molecular formula is C23H26N6O2. The smallest absolute Gasteiger partial charge is 0.251 e.